The van der Waals surface area contributed by atoms with E-state index in [9.17, 15) is 22.7 Å². The number of nitrogens with zero attached hydrogens (tertiary/aromatic N) is 5. The maximum Gasteiger partial charge on any atom is 0.338 e. The highest BCUT2D eigenvalue weighted by Gasteiger charge is 2.39. The summed E-state index contributed by atoms with van der Waals surface area (Å²) in [6.45, 7) is 2.16. The monoisotopic (exact) mass is 622 g/mol. The number of hydrogen-bond acceptors (Lipinski definition) is 10. The molecule has 1 fully saturated rings. The summed E-state index contributed by atoms with van der Waals surface area (Å²) in [5.74, 6) is -0.972. The number of sulfonamides is 1. The molecule has 2 aliphatic rings. The molecule has 4 heterocycles. The maximum atomic E-state index is 13.9. The molecule has 0 amide bonds. The molecule has 41 heavy (non-hydrogen) atoms. The average molecular weight is 623 g/mol. The van der Waals surface area contributed by atoms with Crippen LogP contribution >= 0.6 is 22.9 Å². The van der Waals surface area contributed by atoms with Gasteiger partial charge in [-0.05, 0) is 31.9 Å². The molecule has 3 aromatic rings. The highest BCUT2D eigenvalue weighted by Crippen LogP contribution is 2.40. The average Bonchev–Trinajstić information content (AvgIpc) is 3.65. The number of ether oxygens (including phenoxy) is 1. The van der Waals surface area contributed by atoms with Gasteiger partial charge in [0.25, 0.3) is 0 Å². The van der Waals surface area contributed by atoms with E-state index in [1.54, 1.807) is 18.5 Å². The number of piperidine rings is 1. The lowest BCUT2D eigenvalue weighted by molar-refractivity contribution is -0.136. The van der Waals surface area contributed by atoms with Crippen molar-refractivity contribution in [3.8, 4) is 0 Å². The van der Waals surface area contributed by atoms with E-state index in [0.717, 1.165) is 0 Å². The molecule has 2 atom stereocenters. The maximum absolute atomic E-state index is 13.9. The van der Waals surface area contributed by atoms with Gasteiger partial charge in [-0.25, -0.2) is 22.6 Å². The van der Waals surface area contributed by atoms with Gasteiger partial charge in [-0.1, -0.05) is 17.7 Å². The second-order valence-corrected chi connectivity index (χ2v) is 13.0. The fourth-order valence-corrected chi connectivity index (χ4v) is 7.28. The minimum absolute atomic E-state index is 0.0473. The Morgan fingerprint density at radius 2 is 2.10 bits per heavy atom. The number of aliphatic imine (C=N–C) groups is 1. The second-order valence-electron chi connectivity index (χ2n) is 9.75. The van der Waals surface area contributed by atoms with Crippen LogP contribution in [0.15, 0.2) is 63.3 Å². The topological polar surface area (TPSA) is 139 Å². The van der Waals surface area contributed by atoms with Crippen LogP contribution in [-0.4, -0.2) is 70.7 Å². The molecule has 2 N–H and O–H groups in total. The Kier molecular flexibility index (Phi) is 8.57. The third kappa shape index (κ3) is 6.06. The van der Waals surface area contributed by atoms with Crippen LogP contribution in [0.4, 0.5) is 4.39 Å². The van der Waals surface area contributed by atoms with E-state index in [0.29, 0.717) is 34.9 Å². The predicted octanol–water partition coefficient (Wildman–Crippen LogP) is 3.13. The molecule has 11 nitrogen and oxygen atoms in total. The number of carbonyl (C=O) groups excluding carboxylic acids is 1. The van der Waals surface area contributed by atoms with Gasteiger partial charge >= 0.3 is 5.97 Å². The van der Waals surface area contributed by atoms with E-state index >= 15 is 0 Å². The summed E-state index contributed by atoms with van der Waals surface area (Å²) >= 11 is 7.78. The fourth-order valence-electron chi connectivity index (χ4n) is 5.00. The molecule has 2 aliphatic heterocycles. The number of esters is 1. The van der Waals surface area contributed by atoms with Crippen LogP contribution in [0.2, 0.25) is 5.02 Å². The smallest absolute Gasteiger partial charge is 0.338 e. The zero-order valence-corrected chi connectivity index (χ0v) is 24.6. The van der Waals surface area contributed by atoms with Crippen molar-refractivity contribution in [2.24, 2.45) is 10.9 Å². The molecule has 0 bridgehead atoms. The quantitative estimate of drug-likeness (QED) is 0.366. The molecule has 0 radical (unpaired) electrons. The van der Waals surface area contributed by atoms with Gasteiger partial charge in [0.1, 0.15) is 16.8 Å². The predicted molar refractivity (Wildman–Crippen MR) is 150 cm³/mol. The minimum atomic E-state index is -3.82. The van der Waals surface area contributed by atoms with Crippen molar-refractivity contribution in [1.82, 2.24) is 24.4 Å². The van der Waals surface area contributed by atoms with Gasteiger partial charge in [-0.15, -0.1) is 11.3 Å². The lowest BCUT2D eigenvalue weighted by Gasteiger charge is -2.36. The molecule has 1 saturated heterocycles. The van der Waals surface area contributed by atoms with Crippen molar-refractivity contribution >= 4 is 44.8 Å². The number of amidine groups is 1. The Balaban J connectivity index is 1.47. The zero-order valence-electron chi connectivity index (χ0n) is 22.2. The Morgan fingerprint density at radius 3 is 2.73 bits per heavy atom. The number of hydrogen-bond donors (Lipinski definition) is 2. The molecular formula is C26H28ClFN6O5S2. The molecule has 218 valence electrons. The number of benzene rings is 1. The van der Waals surface area contributed by atoms with Crippen molar-refractivity contribution < 1.29 is 27.4 Å². The molecule has 5 rings (SSSR count). The molecule has 0 aliphatic carbocycles. The minimum Gasteiger partial charge on any atom is -0.466 e. The number of thiazole rings is 1. The lowest BCUT2D eigenvalue weighted by atomic mass is 9.86. The summed E-state index contributed by atoms with van der Waals surface area (Å²) in [5, 5.41) is 19.4. The van der Waals surface area contributed by atoms with Crippen LogP contribution < -0.4 is 5.32 Å². The van der Waals surface area contributed by atoms with Crippen LogP contribution in [0, 0.1) is 11.7 Å². The number of nitrogens with one attached hydrogen (secondary N) is 1. The zero-order chi connectivity index (χ0) is 29.3. The van der Waals surface area contributed by atoms with E-state index < -0.39 is 34.0 Å². The number of carbonyl (C=O) groups is 1. The van der Waals surface area contributed by atoms with Crippen molar-refractivity contribution in [1.29, 1.82) is 0 Å². The highest BCUT2D eigenvalue weighted by atomic mass is 35.5. The largest absolute Gasteiger partial charge is 0.466 e. The first-order valence-corrected chi connectivity index (χ1v) is 15.5. The standard InChI is InChI=1S/C26H28ClFN6O5S2/c1-15(35)13-33-14-18(12-30-33)41(37,38)34-8-5-16(6-9-34)22-21(26(36)39-2)23(19-4-3-17(28)11-20(19)27)32-24(31-22)25-29-7-10-40-25/h3-4,7,10-12,14-16,23,35H,5-6,8-9,13H2,1-2H3,(H,31,32)/t15-,23?/m0/s1. The Hall–Kier alpha value is -3.17. The van der Waals surface area contributed by atoms with Crippen molar-refractivity contribution in [3.63, 3.8) is 0 Å². The summed E-state index contributed by atoms with van der Waals surface area (Å²) < 4.78 is 48.5. The summed E-state index contributed by atoms with van der Waals surface area (Å²) in [7, 11) is -2.55. The third-order valence-electron chi connectivity index (χ3n) is 6.93. The van der Waals surface area contributed by atoms with E-state index in [1.807, 2.05) is 0 Å². The first-order chi connectivity index (χ1) is 19.6. The Morgan fingerprint density at radius 1 is 1.34 bits per heavy atom. The molecule has 15 heteroatoms. The molecular weight excluding hydrogens is 595 g/mol. The second kappa shape index (κ2) is 12.0. The van der Waals surface area contributed by atoms with Crippen LogP contribution in [-0.2, 0) is 26.1 Å². The SMILES string of the molecule is COC(=O)C1=C(C2CCN(S(=O)(=O)c3cnn(C[C@H](C)O)c3)CC2)NC(c2nccs2)=NC1c1ccc(F)cc1Cl. The number of rotatable bonds is 8. The van der Waals surface area contributed by atoms with Gasteiger partial charge in [-0.2, -0.15) is 9.40 Å². The summed E-state index contributed by atoms with van der Waals surface area (Å²) in [5.41, 5.74) is 1.20. The molecule has 2 aromatic heterocycles. The number of halogens is 2. The van der Waals surface area contributed by atoms with Gasteiger partial charge in [0, 0.05) is 53.1 Å². The fraction of sp³-hybridized carbons (Fsp3) is 0.385. The van der Waals surface area contributed by atoms with E-state index in [1.165, 1.54) is 58.0 Å². The van der Waals surface area contributed by atoms with Crippen LogP contribution in [0.1, 0.15) is 36.4 Å². The van der Waals surface area contributed by atoms with E-state index in [-0.39, 0.29) is 41.0 Å². The molecule has 1 aromatic carbocycles. The van der Waals surface area contributed by atoms with Crippen molar-refractivity contribution in [3.05, 3.63) is 74.9 Å². The van der Waals surface area contributed by atoms with Gasteiger partial charge in [0.15, 0.2) is 10.8 Å². The summed E-state index contributed by atoms with van der Waals surface area (Å²) in [6.07, 6.45) is 4.45. The molecule has 1 unspecified atom stereocenters. The third-order valence-corrected chi connectivity index (χ3v) is 9.89. The Labute approximate surface area is 245 Å². The molecule has 0 spiro atoms. The van der Waals surface area contributed by atoms with E-state index in [2.05, 4.69) is 15.4 Å². The number of aliphatic hydroxyl groups is 1. The van der Waals surface area contributed by atoms with Crippen LogP contribution in [0.5, 0.6) is 0 Å². The number of aliphatic hydroxyl groups excluding tert-OH is 1. The molecule has 0 saturated carbocycles. The van der Waals surface area contributed by atoms with Gasteiger partial charge in [0.05, 0.1) is 31.5 Å². The normalized spacial score (nSPS) is 19.5. The lowest BCUT2D eigenvalue weighted by Crippen LogP contribution is -2.43. The first-order valence-electron chi connectivity index (χ1n) is 12.8. The Bertz CT molecular complexity index is 1600. The van der Waals surface area contributed by atoms with Crippen molar-refractivity contribution in [2.75, 3.05) is 20.2 Å². The summed E-state index contributed by atoms with van der Waals surface area (Å²) in [4.78, 5) is 22.4. The van der Waals surface area contributed by atoms with Crippen molar-refractivity contribution in [2.45, 2.75) is 43.4 Å². The number of aromatic nitrogens is 3. The van der Waals surface area contributed by atoms with Gasteiger partial charge in [-0.3, -0.25) is 9.67 Å². The van der Waals surface area contributed by atoms with Crippen LogP contribution in [0.3, 0.4) is 0 Å². The van der Waals surface area contributed by atoms with Gasteiger partial charge < -0.3 is 15.2 Å². The van der Waals surface area contributed by atoms with E-state index in [4.69, 9.17) is 21.3 Å². The summed E-state index contributed by atoms with van der Waals surface area (Å²) in [6, 6.07) is 3.01. The highest BCUT2D eigenvalue weighted by molar-refractivity contribution is 7.89. The number of allylic oxidation sites excluding steroid dienone is 1. The van der Waals surface area contributed by atoms with Gasteiger partial charge in [0.2, 0.25) is 10.0 Å². The number of methoxy groups -OCH3 is 1. The first kappa shape index (κ1) is 29.3. The van der Waals surface area contributed by atoms with Crippen LogP contribution in [0.25, 0.3) is 0 Å².